The van der Waals surface area contributed by atoms with Crippen LogP contribution in [0.3, 0.4) is 0 Å². The molecule has 0 atom stereocenters. The van der Waals surface area contributed by atoms with Gasteiger partial charge in [-0.25, -0.2) is 4.79 Å². The summed E-state index contributed by atoms with van der Waals surface area (Å²) in [6.45, 7) is 3.44. The lowest BCUT2D eigenvalue weighted by molar-refractivity contribution is -0.146. The first-order valence-corrected chi connectivity index (χ1v) is 4.45. The molecule has 1 aromatic rings. The number of Topliss-reactive ketones (excluding diaryl/α,β-unsaturated/α-hetero) is 1. The molecular formula is C11H12O3. The van der Waals surface area contributed by atoms with Crippen LogP contribution >= 0.6 is 0 Å². The van der Waals surface area contributed by atoms with Gasteiger partial charge in [0.15, 0.2) is 0 Å². The van der Waals surface area contributed by atoms with Crippen molar-refractivity contribution in [2.24, 2.45) is 0 Å². The van der Waals surface area contributed by atoms with Crippen LogP contribution in [0.1, 0.15) is 18.9 Å². The van der Waals surface area contributed by atoms with Gasteiger partial charge in [0.2, 0.25) is 5.78 Å². The van der Waals surface area contributed by atoms with E-state index in [1.807, 2.05) is 19.1 Å². The monoisotopic (exact) mass is 192 g/mol. The molecule has 3 heteroatoms. The minimum atomic E-state index is -0.790. The van der Waals surface area contributed by atoms with Crippen molar-refractivity contribution in [3.8, 4) is 5.75 Å². The van der Waals surface area contributed by atoms with Gasteiger partial charge < -0.3 is 4.74 Å². The Balaban J connectivity index is 2.75. The number of ketones is 1. The van der Waals surface area contributed by atoms with Gasteiger partial charge in [-0.2, -0.15) is 0 Å². The van der Waals surface area contributed by atoms with Crippen LogP contribution in [0.2, 0.25) is 0 Å². The lowest BCUT2D eigenvalue weighted by Crippen LogP contribution is -2.19. The molecule has 1 rings (SSSR count). The van der Waals surface area contributed by atoms with Gasteiger partial charge in [0, 0.05) is 6.42 Å². The lowest BCUT2D eigenvalue weighted by atomic mass is 10.2. The third-order valence-corrected chi connectivity index (χ3v) is 1.85. The van der Waals surface area contributed by atoms with Crippen LogP contribution in [0.4, 0.5) is 0 Å². The molecule has 0 aliphatic heterocycles. The standard InChI is InChI=1S/C11H12O3/c1-3-9(12)11(13)14-10-7-5-4-6-8(10)2/h4-7H,3H2,1-2H3. The molecular weight excluding hydrogens is 180 g/mol. The molecule has 0 aliphatic rings. The molecule has 1 aromatic carbocycles. The van der Waals surface area contributed by atoms with Gasteiger partial charge in [-0.1, -0.05) is 25.1 Å². The Kier molecular flexibility index (Phi) is 3.40. The smallest absolute Gasteiger partial charge is 0.379 e. The summed E-state index contributed by atoms with van der Waals surface area (Å²) in [5, 5.41) is 0. The highest BCUT2D eigenvalue weighted by Gasteiger charge is 2.14. The summed E-state index contributed by atoms with van der Waals surface area (Å²) in [7, 11) is 0. The Labute approximate surface area is 82.7 Å². The molecule has 14 heavy (non-hydrogen) atoms. The zero-order chi connectivity index (χ0) is 10.6. The van der Waals surface area contributed by atoms with E-state index in [-0.39, 0.29) is 6.42 Å². The molecule has 0 spiro atoms. The van der Waals surface area contributed by atoms with E-state index in [1.165, 1.54) is 0 Å². The second-order valence-electron chi connectivity index (χ2n) is 2.93. The molecule has 0 aromatic heterocycles. The maximum atomic E-state index is 11.1. The molecule has 0 aliphatic carbocycles. The van der Waals surface area contributed by atoms with E-state index >= 15 is 0 Å². The van der Waals surface area contributed by atoms with Gasteiger partial charge in [0.1, 0.15) is 5.75 Å². The van der Waals surface area contributed by atoms with Crippen molar-refractivity contribution < 1.29 is 14.3 Å². The Morgan fingerprint density at radius 3 is 2.50 bits per heavy atom. The Morgan fingerprint density at radius 1 is 1.29 bits per heavy atom. The molecule has 0 saturated heterocycles. The summed E-state index contributed by atoms with van der Waals surface area (Å²) in [6.07, 6.45) is 0.171. The second-order valence-corrected chi connectivity index (χ2v) is 2.93. The molecule has 0 unspecified atom stereocenters. The van der Waals surface area contributed by atoms with E-state index in [1.54, 1.807) is 19.1 Å². The van der Waals surface area contributed by atoms with Crippen molar-refractivity contribution in [2.45, 2.75) is 20.3 Å². The molecule has 0 N–H and O–H groups in total. The molecule has 0 radical (unpaired) electrons. The van der Waals surface area contributed by atoms with Gasteiger partial charge in [-0.15, -0.1) is 0 Å². The molecule has 0 bridgehead atoms. The van der Waals surface area contributed by atoms with Gasteiger partial charge in [-0.05, 0) is 18.6 Å². The first-order valence-electron chi connectivity index (χ1n) is 4.45. The third-order valence-electron chi connectivity index (χ3n) is 1.85. The zero-order valence-electron chi connectivity index (χ0n) is 8.24. The molecule has 0 heterocycles. The second kappa shape index (κ2) is 4.56. The normalized spacial score (nSPS) is 9.57. The SMILES string of the molecule is CCC(=O)C(=O)Oc1ccccc1C. The number of hydrogen-bond donors (Lipinski definition) is 0. The summed E-state index contributed by atoms with van der Waals surface area (Å²) < 4.78 is 4.91. The number of carbonyl (C=O) groups excluding carboxylic acids is 2. The van der Waals surface area contributed by atoms with Crippen molar-refractivity contribution in [1.29, 1.82) is 0 Å². The molecule has 0 saturated carbocycles. The van der Waals surface area contributed by atoms with Gasteiger partial charge >= 0.3 is 5.97 Å². The van der Waals surface area contributed by atoms with Crippen LogP contribution in [-0.4, -0.2) is 11.8 Å². The van der Waals surface area contributed by atoms with Crippen LogP contribution in [0.15, 0.2) is 24.3 Å². The number of esters is 1. The highest BCUT2D eigenvalue weighted by molar-refractivity contribution is 6.34. The number of hydrogen-bond acceptors (Lipinski definition) is 3. The Bertz CT molecular complexity index is 355. The highest BCUT2D eigenvalue weighted by atomic mass is 16.5. The fourth-order valence-corrected chi connectivity index (χ4v) is 0.972. The van der Waals surface area contributed by atoms with Crippen molar-refractivity contribution in [1.82, 2.24) is 0 Å². The number of benzene rings is 1. The van der Waals surface area contributed by atoms with Gasteiger partial charge in [0.05, 0.1) is 0 Å². The highest BCUT2D eigenvalue weighted by Crippen LogP contribution is 2.16. The first-order chi connectivity index (χ1) is 6.65. The summed E-state index contributed by atoms with van der Waals surface area (Å²) in [4.78, 5) is 22.1. The van der Waals surface area contributed by atoms with Crippen LogP contribution in [0.5, 0.6) is 5.75 Å². The number of para-hydroxylation sites is 1. The summed E-state index contributed by atoms with van der Waals surface area (Å²) in [5.41, 5.74) is 0.838. The van der Waals surface area contributed by atoms with Crippen molar-refractivity contribution in [2.75, 3.05) is 0 Å². The summed E-state index contributed by atoms with van der Waals surface area (Å²) in [5.74, 6) is -0.852. The number of ether oxygens (including phenoxy) is 1. The van der Waals surface area contributed by atoms with Crippen molar-refractivity contribution in [3.05, 3.63) is 29.8 Å². The average Bonchev–Trinajstić information content (AvgIpc) is 2.20. The van der Waals surface area contributed by atoms with Crippen LogP contribution < -0.4 is 4.74 Å². The van der Waals surface area contributed by atoms with Crippen LogP contribution in [0, 0.1) is 6.92 Å². The fraction of sp³-hybridized carbons (Fsp3) is 0.273. The van der Waals surface area contributed by atoms with E-state index in [0.717, 1.165) is 5.56 Å². The third kappa shape index (κ3) is 2.42. The van der Waals surface area contributed by atoms with E-state index < -0.39 is 11.8 Å². The van der Waals surface area contributed by atoms with Crippen molar-refractivity contribution in [3.63, 3.8) is 0 Å². The predicted octanol–water partition coefficient (Wildman–Crippen LogP) is 1.88. The molecule has 0 fully saturated rings. The molecule has 0 amide bonds. The summed E-state index contributed by atoms with van der Waals surface area (Å²) in [6, 6.07) is 7.08. The Hall–Kier alpha value is -1.64. The lowest BCUT2D eigenvalue weighted by Gasteiger charge is -2.04. The average molecular weight is 192 g/mol. The fourth-order valence-electron chi connectivity index (χ4n) is 0.972. The van der Waals surface area contributed by atoms with E-state index in [0.29, 0.717) is 5.75 Å². The van der Waals surface area contributed by atoms with Gasteiger partial charge in [-0.3, -0.25) is 4.79 Å². The quantitative estimate of drug-likeness (QED) is 0.417. The topological polar surface area (TPSA) is 43.4 Å². The van der Waals surface area contributed by atoms with E-state index in [4.69, 9.17) is 4.74 Å². The number of aryl methyl sites for hydroxylation is 1. The van der Waals surface area contributed by atoms with Gasteiger partial charge in [0.25, 0.3) is 0 Å². The number of rotatable bonds is 3. The largest absolute Gasteiger partial charge is 0.421 e. The van der Waals surface area contributed by atoms with E-state index in [9.17, 15) is 9.59 Å². The minimum Gasteiger partial charge on any atom is -0.421 e. The Morgan fingerprint density at radius 2 is 1.93 bits per heavy atom. The maximum absolute atomic E-state index is 11.1. The van der Waals surface area contributed by atoms with Crippen molar-refractivity contribution >= 4 is 11.8 Å². The first kappa shape index (κ1) is 10.4. The molecule has 74 valence electrons. The minimum absolute atomic E-state index is 0.171. The molecule has 3 nitrogen and oxygen atoms in total. The zero-order valence-corrected chi connectivity index (χ0v) is 8.24. The van der Waals surface area contributed by atoms with Crippen LogP contribution in [-0.2, 0) is 9.59 Å². The summed E-state index contributed by atoms with van der Waals surface area (Å²) >= 11 is 0. The number of carbonyl (C=O) groups is 2. The maximum Gasteiger partial charge on any atom is 0.379 e. The predicted molar refractivity (Wildman–Crippen MR) is 52.1 cm³/mol. The van der Waals surface area contributed by atoms with E-state index in [2.05, 4.69) is 0 Å². The van der Waals surface area contributed by atoms with Crippen LogP contribution in [0.25, 0.3) is 0 Å².